The number of carbonyl (C=O) groups excluding carboxylic acids is 2. The lowest BCUT2D eigenvalue weighted by Gasteiger charge is -2.55. The Balaban J connectivity index is 1.51. The van der Waals surface area contributed by atoms with E-state index >= 15 is 0 Å². The minimum atomic E-state index is -0.549. The van der Waals surface area contributed by atoms with Crippen molar-refractivity contribution in [1.29, 1.82) is 0 Å². The van der Waals surface area contributed by atoms with Crippen molar-refractivity contribution in [2.75, 3.05) is 18.0 Å². The molecule has 0 radical (unpaired) electrons. The zero-order valence-corrected chi connectivity index (χ0v) is 23.7. The second kappa shape index (κ2) is 9.55. The molecule has 4 aliphatic carbocycles. The predicted molar refractivity (Wildman–Crippen MR) is 154 cm³/mol. The molecule has 200 valence electrons. The van der Waals surface area contributed by atoms with Crippen molar-refractivity contribution in [2.45, 2.75) is 91.4 Å². The van der Waals surface area contributed by atoms with Gasteiger partial charge in [-0.2, -0.15) is 0 Å². The molecule has 5 aliphatic rings. The van der Waals surface area contributed by atoms with Crippen LogP contribution in [0, 0.1) is 40.4 Å². The average Bonchev–Trinajstić information content (AvgIpc) is 3.56. The van der Waals surface area contributed by atoms with Crippen LogP contribution in [0.5, 0.6) is 0 Å². The fraction of sp³-hybridized carbons (Fsp3) is 0.600. The van der Waals surface area contributed by atoms with E-state index in [1.54, 1.807) is 5.57 Å². The molecular weight excluding hydrogens is 466 g/mol. The molecule has 0 N–H and O–H groups in total. The van der Waals surface area contributed by atoms with Gasteiger partial charge in [-0.15, -0.1) is 5.92 Å². The molecule has 2 unspecified atom stereocenters. The van der Waals surface area contributed by atoms with Gasteiger partial charge in [-0.1, -0.05) is 44.4 Å². The van der Waals surface area contributed by atoms with Gasteiger partial charge < -0.3 is 4.90 Å². The molecule has 0 amide bonds. The lowest BCUT2D eigenvalue weighted by molar-refractivity contribution is -0.132. The summed E-state index contributed by atoms with van der Waals surface area (Å²) in [5.74, 6) is 8.97. The van der Waals surface area contributed by atoms with E-state index in [4.69, 9.17) is 0 Å². The zero-order chi connectivity index (χ0) is 26.7. The van der Waals surface area contributed by atoms with Crippen molar-refractivity contribution in [3.05, 3.63) is 52.6 Å². The first kappa shape index (κ1) is 25.7. The first-order chi connectivity index (χ1) is 18.3. The van der Waals surface area contributed by atoms with Crippen LogP contribution in [-0.4, -0.2) is 24.7 Å². The first-order valence-corrected chi connectivity index (χ1v) is 15.1. The molecule has 0 spiro atoms. The second-order valence-corrected chi connectivity index (χ2v) is 12.9. The van der Waals surface area contributed by atoms with Crippen molar-refractivity contribution in [3.63, 3.8) is 0 Å². The summed E-state index contributed by atoms with van der Waals surface area (Å²) < 4.78 is 0. The van der Waals surface area contributed by atoms with Gasteiger partial charge in [-0.25, -0.2) is 0 Å². The van der Waals surface area contributed by atoms with Crippen LogP contribution in [0.1, 0.15) is 97.0 Å². The summed E-state index contributed by atoms with van der Waals surface area (Å²) in [4.78, 5) is 28.7. The number of rotatable bonds is 4. The van der Waals surface area contributed by atoms with Crippen LogP contribution >= 0.6 is 0 Å². The van der Waals surface area contributed by atoms with E-state index in [9.17, 15) is 9.59 Å². The molecule has 1 aromatic carbocycles. The maximum Gasteiger partial charge on any atom is 0.156 e. The molecule has 0 aromatic heterocycles. The number of ketones is 2. The van der Waals surface area contributed by atoms with Crippen molar-refractivity contribution in [3.8, 4) is 11.8 Å². The standard InChI is InChI=1S/C35H43NO2/c1-5-16-35(32(38)6-2)17-15-31-29-20-23(3)28-21-26(37)13-14-27(28)33(29)30(22-34(31,35)4)24-9-11-25(12-10-24)36-18-7-8-19-36/h9-12,21,23,29-31H,6-8,13-15,17-20,22H2,1-4H3/t23?,29-,30?,31-,34-,35+/m0/s1. The summed E-state index contributed by atoms with van der Waals surface area (Å²) in [5, 5.41) is 0. The first-order valence-electron chi connectivity index (χ1n) is 15.1. The Kier molecular flexibility index (Phi) is 6.45. The maximum absolute atomic E-state index is 13.7. The van der Waals surface area contributed by atoms with Gasteiger partial charge in [0.05, 0.1) is 5.41 Å². The Hall–Kier alpha value is -2.60. The van der Waals surface area contributed by atoms with E-state index in [0.717, 1.165) is 45.2 Å². The summed E-state index contributed by atoms with van der Waals surface area (Å²) >= 11 is 0. The smallest absolute Gasteiger partial charge is 0.156 e. The minimum Gasteiger partial charge on any atom is -0.372 e. The number of benzene rings is 1. The van der Waals surface area contributed by atoms with Gasteiger partial charge >= 0.3 is 0 Å². The molecule has 1 aliphatic heterocycles. The fourth-order valence-electron chi connectivity index (χ4n) is 9.42. The lowest BCUT2D eigenvalue weighted by atomic mass is 9.47. The number of anilines is 1. The van der Waals surface area contributed by atoms with Crippen molar-refractivity contribution < 1.29 is 9.59 Å². The third kappa shape index (κ3) is 3.70. The molecule has 1 aromatic rings. The molecule has 3 heteroatoms. The largest absolute Gasteiger partial charge is 0.372 e. The number of nitrogens with zero attached hydrogens (tertiary/aromatic N) is 1. The molecule has 3 nitrogen and oxygen atoms in total. The molecule has 3 fully saturated rings. The molecule has 1 heterocycles. The molecule has 1 saturated heterocycles. The lowest BCUT2D eigenvalue weighted by Crippen LogP contribution is -2.51. The van der Waals surface area contributed by atoms with Gasteiger partial charge in [0.2, 0.25) is 0 Å². The van der Waals surface area contributed by atoms with Crippen molar-refractivity contribution in [1.82, 2.24) is 0 Å². The van der Waals surface area contributed by atoms with Gasteiger partial charge in [0.15, 0.2) is 11.6 Å². The van der Waals surface area contributed by atoms with Gasteiger partial charge in [-0.05, 0) is 110 Å². The maximum atomic E-state index is 13.7. The number of allylic oxidation sites excluding steroid dienone is 4. The Bertz CT molecular complexity index is 1270. The molecule has 6 atom stereocenters. The van der Waals surface area contributed by atoms with Crippen LogP contribution in [0.4, 0.5) is 5.69 Å². The van der Waals surface area contributed by atoms with E-state index in [1.165, 1.54) is 35.2 Å². The highest BCUT2D eigenvalue weighted by atomic mass is 16.1. The molecule has 6 rings (SSSR count). The van der Waals surface area contributed by atoms with Crippen LogP contribution in [0.3, 0.4) is 0 Å². The van der Waals surface area contributed by atoms with E-state index < -0.39 is 5.41 Å². The van der Waals surface area contributed by atoms with Crippen LogP contribution in [0.2, 0.25) is 0 Å². The highest BCUT2D eigenvalue weighted by molar-refractivity contribution is 5.93. The molecule has 38 heavy (non-hydrogen) atoms. The topological polar surface area (TPSA) is 37.4 Å². The molecular formula is C35H43NO2. The van der Waals surface area contributed by atoms with Gasteiger partial charge in [0.1, 0.15) is 0 Å². The summed E-state index contributed by atoms with van der Waals surface area (Å²) in [5.41, 5.74) is 6.38. The fourth-order valence-corrected chi connectivity index (χ4v) is 9.42. The quantitative estimate of drug-likeness (QED) is 0.396. The Morgan fingerprint density at radius 2 is 1.87 bits per heavy atom. The third-order valence-corrected chi connectivity index (χ3v) is 11.2. The Morgan fingerprint density at radius 3 is 2.55 bits per heavy atom. The summed E-state index contributed by atoms with van der Waals surface area (Å²) in [6, 6.07) is 9.39. The van der Waals surface area contributed by atoms with Crippen LogP contribution in [0.15, 0.2) is 47.1 Å². The highest BCUT2D eigenvalue weighted by Crippen LogP contribution is 2.70. The zero-order valence-electron chi connectivity index (χ0n) is 23.7. The number of carbonyl (C=O) groups is 2. The second-order valence-electron chi connectivity index (χ2n) is 12.9. The van der Waals surface area contributed by atoms with Gasteiger partial charge in [-0.3, -0.25) is 9.59 Å². The number of Topliss-reactive ketones (excluding diaryl/α,β-unsaturated/α-hetero) is 1. The normalized spacial score (nSPS) is 36.2. The summed E-state index contributed by atoms with van der Waals surface area (Å²) in [7, 11) is 0. The van der Waals surface area contributed by atoms with Crippen LogP contribution in [-0.2, 0) is 9.59 Å². The SMILES string of the molecule is CC#C[C@]1(C(=O)CC)CC[C@H]2[C@@H]3CC(C)C4=CC(=O)CCC4=C3C(c3ccc(N4CCCC4)cc3)C[C@@]21C. The number of hydrogen-bond donors (Lipinski definition) is 0. The molecule has 2 saturated carbocycles. The van der Waals surface area contributed by atoms with Crippen molar-refractivity contribution in [2.24, 2.45) is 28.6 Å². The van der Waals surface area contributed by atoms with Gasteiger partial charge in [0.25, 0.3) is 0 Å². The number of fused-ring (bicyclic) bond motifs is 4. The summed E-state index contributed by atoms with van der Waals surface area (Å²) in [6.45, 7) is 11.0. The van der Waals surface area contributed by atoms with Crippen LogP contribution < -0.4 is 4.90 Å². The Labute approximate surface area is 229 Å². The third-order valence-electron chi connectivity index (χ3n) is 11.2. The highest BCUT2D eigenvalue weighted by Gasteiger charge is 2.65. The molecule has 0 bridgehead atoms. The van der Waals surface area contributed by atoms with E-state index in [1.807, 2.05) is 19.9 Å². The van der Waals surface area contributed by atoms with E-state index in [-0.39, 0.29) is 17.1 Å². The summed E-state index contributed by atoms with van der Waals surface area (Å²) in [6.07, 6.45) is 10.6. The monoisotopic (exact) mass is 509 g/mol. The predicted octanol–water partition coefficient (Wildman–Crippen LogP) is 7.42. The van der Waals surface area contributed by atoms with Crippen molar-refractivity contribution >= 4 is 17.3 Å². The number of hydrogen-bond acceptors (Lipinski definition) is 3. The van der Waals surface area contributed by atoms with E-state index in [2.05, 4.69) is 54.9 Å². The average molecular weight is 510 g/mol. The minimum absolute atomic E-state index is 0.151. The Morgan fingerprint density at radius 1 is 1.13 bits per heavy atom. The van der Waals surface area contributed by atoms with E-state index in [0.29, 0.717) is 36.4 Å². The van der Waals surface area contributed by atoms with Crippen LogP contribution in [0.25, 0.3) is 0 Å². The van der Waals surface area contributed by atoms with Gasteiger partial charge in [0, 0.05) is 37.5 Å².